The van der Waals surface area contributed by atoms with Crippen LogP contribution in [0.15, 0.2) is 46.8 Å². The average molecular weight is 417 g/mol. The van der Waals surface area contributed by atoms with Crippen LogP contribution in [0.4, 0.5) is 0 Å². The van der Waals surface area contributed by atoms with Gasteiger partial charge >= 0.3 is 0 Å². The summed E-state index contributed by atoms with van der Waals surface area (Å²) in [4.78, 5) is 8.75. The predicted molar refractivity (Wildman–Crippen MR) is 120 cm³/mol. The lowest BCUT2D eigenvalue weighted by Crippen LogP contribution is -2.42. The van der Waals surface area contributed by atoms with Crippen molar-refractivity contribution in [2.24, 2.45) is 4.99 Å². The number of methoxy groups -OCH3 is 1. The van der Waals surface area contributed by atoms with Gasteiger partial charge in [-0.1, -0.05) is 24.3 Å². The number of thiophene rings is 1. The van der Waals surface area contributed by atoms with Gasteiger partial charge in [0.1, 0.15) is 5.75 Å². The Labute approximate surface area is 177 Å². The van der Waals surface area contributed by atoms with Gasteiger partial charge in [0.2, 0.25) is 0 Å². The van der Waals surface area contributed by atoms with Gasteiger partial charge in [-0.15, -0.1) is 11.3 Å². The molecule has 1 saturated heterocycles. The van der Waals surface area contributed by atoms with Gasteiger partial charge in [0.25, 0.3) is 0 Å². The standard InChI is InChI=1S/C22H32N4O2S/c1-3-23-22(24-11-10-18-7-4-5-8-20(18)27-2)25-17-19(21-9-6-16-29-21)26-12-14-28-15-13-26/h4-9,16,19H,3,10-15,17H2,1-2H3,(H2,23,24,25). The van der Waals surface area contributed by atoms with Gasteiger partial charge in [-0.25, -0.2) is 0 Å². The van der Waals surface area contributed by atoms with Gasteiger partial charge in [-0.05, 0) is 36.4 Å². The molecule has 1 unspecified atom stereocenters. The third kappa shape index (κ3) is 6.45. The highest BCUT2D eigenvalue weighted by atomic mass is 32.1. The van der Waals surface area contributed by atoms with Crippen molar-refractivity contribution in [3.8, 4) is 5.75 Å². The zero-order valence-electron chi connectivity index (χ0n) is 17.4. The molecule has 29 heavy (non-hydrogen) atoms. The molecule has 158 valence electrons. The maximum absolute atomic E-state index is 5.54. The number of benzene rings is 1. The number of rotatable bonds is 9. The fourth-order valence-electron chi connectivity index (χ4n) is 3.50. The molecule has 7 heteroatoms. The summed E-state index contributed by atoms with van der Waals surface area (Å²) in [6.07, 6.45) is 0.881. The van der Waals surface area contributed by atoms with Crippen molar-refractivity contribution in [3.05, 3.63) is 52.2 Å². The summed E-state index contributed by atoms with van der Waals surface area (Å²) in [5.74, 6) is 1.79. The summed E-state index contributed by atoms with van der Waals surface area (Å²) in [7, 11) is 1.72. The highest BCUT2D eigenvalue weighted by Crippen LogP contribution is 2.26. The lowest BCUT2D eigenvalue weighted by Gasteiger charge is -2.33. The summed E-state index contributed by atoms with van der Waals surface area (Å²) in [6.45, 7) is 7.95. The second kappa shape index (κ2) is 11.8. The van der Waals surface area contributed by atoms with Crippen LogP contribution in [-0.2, 0) is 11.2 Å². The van der Waals surface area contributed by atoms with Crippen molar-refractivity contribution in [2.45, 2.75) is 19.4 Å². The van der Waals surface area contributed by atoms with E-state index < -0.39 is 0 Å². The molecule has 6 nitrogen and oxygen atoms in total. The molecule has 1 aromatic heterocycles. The maximum Gasteiger partial charge on any atom is 0.191 e. The van der Waals surface area contributed by atoms with Gasteiger partial charge in [-0.2, -0.15) is 0 Å². The zero-order valence-corrected chi connectivity index (χ0v) is 18.2. The molecule has 0 radical (unpaired) electrons. The topological polar surface area (TPSA) is 58.1 Å². The van der Waals surface area contributed by atoms with Crippen molar-refractivity contribution < 1.29 is 9.47 Å². The molecule has 0 aliphatic carbocycles. The number of hydrogen-bond acceptors (Lipinski definition) is 5. The van der Waals surface area contributed by atoms with Gasteiger partial charge < -0.3 is 20.1 Å². The minimum Gasteiger partial charge on any atom is -0.496 e. The van der Waals surface area contributed by atoms with Gasteiger partial charge in [-0.3, -0.25) is 9.89 Å². The van der Waals surface area contributed by atoms with E-state index in [-0.39, 0.29) is 0 Å². The Morgan fingerprint density at radius 3 is 2.76 bits per heavy atom. The molecular formula is C22H32N4O2S. The van der Waals surface area contributed by atoms with E-state index in [2.05, 4.69) is 46.0 Å². The molecule has 2 aromatic rings. The largest absolute Gasteiger partial charge is 0.496 e. The summed E-state index contributed by atoms with van der Waals surface area (Å²) in [5, 5.41) is 8.98. The molecule has 1 aliphatic rings. The summed E-state index contributed by atoms with van der Waals surface area (Å²) in [5.41, 5.74) is 1.20. The van der Waals surface area contributed by atoms with E-state index >= 15 is 0 Å². The van der Waals surface area contributed by atoms with Crippen molar-refractivity contribution in [1.29, 1.82) is 0 Å². The molecule has 2 N–H and O–H groups in total. The number of hydrogen-bond donors (Lipinski definition) is 2. The van der Waals surface area contributed by atoms with E-state index in [1.807, 2.05) is 18.2 Å². The molecule has 3 rings (SSSR count). The normalized spacial score (nSPS) is 16.4. The Bertz CT molecular complexity index is 745. The Morgan fingerprint density at radius 2 is 2.03 bits per heavy atom. The second-order valence-corrected chi connectivity index (χ2v) is 7.87. The van der Waals surface area contributed by atoms with E-state index in [0.717, 1.165) is 64.1 Å². The van der Waals surface area contributed by atoms with Crippen LogP contribution in [0.3, 0.4) is 0 Å². The summed E-state index contributed by atoms with van der Waals surface area (Å²) < 4.78 is 11.0. The van der Waals surface area contributed by atoms with Crippen LogP contribution in [0, 0.1) is 0 Å². The van der Waals surface area contributed by atoms with E-state index in [0.29, 0.717) is 6.04 Å². The van der Waals surface area contributed by atoms with Crippen LogP contribution in [0.25, 0.3) is 0 Å². The molecule has 0 amide bonds. The predicted octanol–water partition coefficient (Wildman–Crippen LogP) is 2.93. The Hall–Kier alpha value is -2.09. The van der Waals surface area contributed by atoms with Crippen molar-refractivity contribution in [3.63, 3.8) is 0 Å². The molecule has 1 fully saturated rings. The molecule has 0 saturated carbocycles. The first kappa shape index (κ1) is 21.6. The first-order chi connectivity index (χ1) is 14.3. The fraction of sp³-hybridized carbons (Fsp3) is 0.500. The molecular weight excluding hydrogens is 384 g/mol. The van der Waals surface area contributed by atoms with Crippen LogP contribution < -0.4 is 15.4 Å². The van der Waals surface area contributed by atoms with E-state index in [9.17, 15) is 0 Å². The van der Waals surface area contributed by atoms with Crippen molar-refractivity contribution in [2.75, 3.05) is 53.0 Å². The van der Waals surface area contributed by atoms with E-state index in [1.165, 1.54) is 10.4 Å². The molecule has 0 spiro atoms. The quantitative estimate of drug-likeness (QED) is 0.486. The Balaban J connectivity index is 1.61. The maximum atomic E-state index is 5.54. The first-order valence-corrected chi connectivity index (χ1v) is 11.2. The minimum absolute atomic E-state index is 0.295. The number of nitrogens with zero attached hydrogens (tertiary/aromatic N) is 2. The number of guanidine groups is 1. The summed E-state index contributed by atoms with van der Waals surface area (Å²) in [6, 6.07) is 12.8. The smallest absolute Gasteiger partial charge is 0.191 e. The SMILES string of the molecule is CCNC(=NCC(c1cccs1)N1CCOCC1)NCCc1ccccc1OC. The molecule has 1 aromatic carbocycles. The monoisotopic (exact) mass is 416 g/mol. The first-order valence-electron chi connectivity index (χ1n) is 10.3. The van der Waals surface area contributed by atoms with Crippen LogP contribution in [0.5, 0.6) is 5.75 Å². The zero-order chi connectivity index (χ0) is 20.3. The van der Waals surface area contributed by atoms with Crippen LogP contribution in [0.1, 0.15) is 23.4 Å². The molecule has 1 atom stereocenters. The second-order valence-electron chi connectivity index (χ2n) is 6.89. The van der Waals surface area contributed by atoms with Gasteiger partial charge in [0.15, 0.2) is 5.96 Å². The van der Waals surface area contributed by atoms with Crippen molar-refractivity contribution in [1.82, 2.24) is 15.5 Å². The molecule has 1 aliphatic heterocycles. The van der Waals surface area contributed by atoms with E-state index in [1.54, 1.807) is 18.4 Å². The van der Waals surface area contributed by atoms with Crippen LogP contribution >= 0.6 is 11.3 Å². The Morgan fingerprint density at radius 1 is 1.21 bits per heavy atom. The van der Waals surface area contributed by atoms with Crippen molar-refractivity contribution >= 4 is 17.3 Å². The lowest BCUT2D eigenvalue weighted by atomic mass is 10.1. The van der Waals surface area contributed by atoms with Gasteiger partial charge in [0, 0.05) is 31.1 Å². The Kier molecular flexibility index (Phi) is 8.80. The third-order valence-corrected chi connectivity index (χ3v) is 5.98. The highest BCUT2D eigenvalue weighted by Gasteiger charge is 2.23. The lowest BCUT2D eigenvalue weighted by molar-refractivity contribution is 0.0186. The van der Waals surface area contributed by atoms with Crippen LogP contribution in [-0.4, -0.2) is 63.9 Å². The number of aliphatic imine (C=N–C) groups is 1. The number of ether oxygens (including phenoxy) is 2. The van der Waals surface area contributed by atoms with Crippen LogP contribution in [0.2, 0.25) is 0 Å². The third-order valence-electron chi connectivity index (χ3n) is 5.00. The highest BCUT2D eigenvalue weighted by molar-refractivity contribution is 7.10. The van der Waals surface area contributed by atoms with E-state index in [4.69, 9.17) is 14.5 Å². The molecule has 2 heterocycles. The number of para-hydroxylation sites is 1. The minimum atomic E-state index is 0.295. The fourth-order valence-corrected chi connectivity index (χ4v) is 4.35. The average Bonchev–Trinajstić information content (AvgIpc) is 3.29. The number of nitrogens with one attached hydrogen (secondary N) is 2. The summed E-state index contributed by atoms with van der Waals surface area (Å²) >= 11 is 1.80. The molecule has 0 bridgehead atoms. The number of morpholine rings is 1. The van der Waals surface area contributed by atoms with Gasteiger partial charge in [0.05, 0.1) is 32.9 Å².